The van der Waals surface area contributed by atoms with Crippen LogP contribution in [0.2, 0.25) is 0 Å². The lowest BCUT2D eigenvalue weighted by atomic mass is 10.1. The summed E-state index contributed by atoms with van der Waals surface area (Å²) >= 11 is 0. The highest BCUT2D eigenvalue weighted by Gasteiger charge is 2.21. The molecule has 1 atom stereocenters. The van der Waals surface area contributed by atoms with E-state index in [9.17, 15) is 14.4 Å². The van der Waals surface area contributed by atoms with E-state index in [0.29, 0.717) is 5.82 Å². The molecule has 0 aliphatic rings. The van der Waals surface area contributed by atoms with Gasteiger partial charge in [0.05, 0.1) is 13.7 Å². The third-order valence-electron chi connectivity index (χ3n) is 2.80. The van der Waals surface area contributed by atoms with Crippen molar-refractivity contribution in [1.29, 1.82) is 0 Å². The molecule has 0 unspecified atom stereocenters. The van der Waals surface area contributed by atoms with Crippen LogP contribution in [-0.2, 0) is 27.9 Å². The number of nitrogens with zero attached hydrogens (tertiary/aromatic N) is 2. The molecule has 1 rings (SSSR count). The molecule has 0 fully saturated rings. The van der Waals surface area contributed by atoms with Gasteiger partial charge in [0.1, 0.15) is 11.9 Å². The SMILES string of the molecule is COC(=O)CC[C@H](NC(=O)NCc1nccn1C)C(=O)O. The maximum absolute atomic E-state index is 11.6. The van der Waals surface area contributed by atoms with Crippen molar-refractivity contribution >= 4 is 18.0 Å². The number of nitrogens with one attached hydrogen (secondary N) is 2. The van der Waals surface area contributed by atoms with Crippen LogP contribution < -0.4 is 10.6 Å². The van der Waals surface area contributed by atoms with E-state index in [-0.39, 0.29) is 19.4 Å². The molecule has 9 nitrogen and oxygen atoms in total. The molecule has 0 bridgehead atoms. The molecule has 3 N–H and O–H groups in total. The molecule has 0 aliphatic carbocycles. The van der Waals surface area contributed by atoms with Gasteiger partial charge in [-0.2, -0.15) is 0 Å². The highest BCUT2D eigenvalue weighted by Crippen LogP contribution is 2.00. The number of aliphatic carboxylic acids is 1. The van der Waals surface area contributed by atoms with Crippen molar-refractivity contribution in [1.82, 2.24) is 20.2 Å². The molecule has 1 aromatic heterocycles. The van der Waals surface area contributed by atoms with E-state index in [1.807, 2.05) is 0 Å². The number of rotatable bonds is 7. The van der Waals surface area contributed by atoms with Crippen molar-refractivity contribution in [2.75, 3.05) is 7.11 Å². The predicted octanol–water partition coefficient (Wildman–Crippen LogP) is -0.374. The number of methoxy groups -OCH3 is 1. The van der Waals surface area contributed by atoms with Crippen molar-refractivity contribution in [2.24, 2.45) is 7.05 Å². The number of carbonyl (C=O) groups is 3. The Morgan fingerprint density at radius 2 is 2.19 bits per heavy atom. The number of esters is 1. The van der Waals surface area contributed by atoms with E-state index in [2.05, 4.69) is 20.4 Å². The van der Waals surface area contributed by atoms with Crippen LogP contribution in [0.15, 0.2) is 12.4 Å². The lowest BCUT2D eigenvalue weighted by Crippen LogP contribution is -2.46. The van der Waals surface area contributed by atoms with E-state index >= 15 is 0 Å². The van der Waals surface area contributed by atoms with Crippen molar-refractivity contribution < 1.29 is 24.2 Å². The van der Waals surface area contributed by atoms with Crippen LogP contribution in [0.25, 0.3) is 0 Å². The Kier molecular flexibility index (Phi) is 6.18. The van der Waals surface area contributed by atoms with Crippen LogP contribution in [0.1, 0.15) is 18.7 Å². The van der Waals surface area contributed by atoms with Crippen molar-refractivity contribution in [3.8, 4) is 0 Å². The second-order valence-corrected chi connectivity index (χ2v) is 4.29. The summed E-state index contributed by atoms with van der Waals surface area (Å²) in [5.74, 6) is -1.12. The molecule has 0 saturated carbocycles. The Hall–Kier alpha value is -2.58. The Morgan fingerprint density at radius 3 is 2.71 bits per heavy atom. The summed E-state index contributed by atoms with van der Waals surface area (Å²) in [6, 6.07) is -1.80. The molecule has 0 aromatic carbocycles. The summed E-state index contributed by atoms with van der Waals surface area (Å²) in [4.78, 5) is 37.7. The molecule has 1 heterocycles. The summed E-state index contributed by atoms with van der Waals surface area (Å²) in [7, 11) is 2.99. The topological polar surface area (TPSA) is 123 Å². The zero-order valence-corrected chi connectivity index (χ0v) is 11.8. The number of carbonyl (C=O) groups excluding carboxylic acids is 2. The van der Waals surface area contributed by atoms with E-state index in [4.69, 9.17) is 5.11 Å². The number of hydrogen-bond acceptors (Lipinski definition) is 5. The minimum absolute atomic E-state index is 0.0438. The molecule has 1 aromatic rings. The third kappa shape index (κ3) is 5.51. The van der Waals surface area contributed by atoms with E-state index in [1.165, 1.54) is 7.11 Å². The van der Waals surface area contributed by atoms with Crippen molar-refractivity contribution in [2.45, 2.75) is 25.4 Å². The van der Waals surface area contributed by atoms with Gasteiger partial charge in [-0.05, 0) is 6.42 Å². The van der Waals surface area contributed by atoms with Gasteiger partial charge in [0, 0.05) is 25.9 Å². The zero-order valence-electron chi connectivity index (χ0n) is 11.8. The van der Waals surface area contributed by atoms with Crippen molar-refractivity contribution in [3.63, 3.8) is 0 Å². The van der Waals surface area contributed by atoms with Crippen molar-refractivity contribution in [3.05, 3.63) is 18.2 Å². The maximum Gasteiger partial charge on any atom is 0.326 e. The molecule has 21 heavy (non-hydrogen) atoms. The number of carboxylic acids is 1. The van der Waals surface area contributed by atoms with Gasteiger partial charge in [-0.15, -0.1) is 0 Å². The van der Waals surface area contributed by atoms with Crippen LogP contribution in [0.5, 0.6) is 0 Å². The van der Waals surface area contributed by atoms with Crippen LogP contribution in [0.4, 0.5) is 4.79 Å². The molecule has 9 heteroatoms. The first-order valence-electron chi connectivity index (χ1n) is 6.24. The van der Waals surface area contributed by atoms with Crippen LogP contribution in [-0.4, -0.2) is 45.8 Å². The van der Waals surface area contributed by atoms with Gasteiger partial charge in [0.25, 0.3) is 0 Å². The lowest BCUT2D eigenvalue weighted by Gasteiger charge is -2.14. The number of amides is 2. The first kappa shape index (κ1) is 16.5. The standard InChI is InChI=1S/C12H18N4O5/c1-16-6-5-13-9(16)7-14-12(20)15-8(11(18)19)3-4-10(17)21-2/h5-6,8H,3-4,7H2,1-2H3,(H,18,19)(H2,14,15,20)/t8-/m0/s1. The first-order chi connectivity index (χ1) is 9.93. The quantitative estimate of drug-likeness (QED) is 0.590. The summed E-state index contributed by atoms with van der Waals surface area (Å²) in [5, 5.41) is 13.8. The summed E-state index contributed by atoms with van der Waals surface area (Å²) in [5.41, 5.74) is 0. The second kappa shape index (κ2) is 7.88. The average Bonchev–Trinajstić information content (AvgIpc) is 2.85. The van der Waals surface area contributed by atoms with E-state index < -0.39 is 24.0 Å². The molecular weight excluding hydrogens is 280 g/mol. The lowest BCUT2D eigenvalue weighted by molar-refractivity contribution is -0.142. The highest BCUT2D eigenvalue weighted by molar-refractivity contribution is 5.83. The maximum atomic E-state index is 11.6. The monoisotopic (exact) mass is 298 g/mol. The molecular formula is C12H18N4O5. The number of aryl methyl sites for hydroxylation is 1. The fraction of sp³-hybridized carbons (Fsp3) is 0.500. The van der Waals surface area contributed by atoms with Gasteiger partial charge in [0.2, 0.25) is 0 Å². The number of hydrogen-bond donors (Lipinski definition) is 3. The molecule has 116 valence electrons. The number of ether oxygens (including phenoxy) is 1. The Morgan fingerprint density at radius 1 is 1.48 bits per heavy atom. The number of imidazole rings is 1. The third-order valence-corrected chi connectivity index (χ3v) is 2.80. The second-order valence-electron chi connectivity index (χ2n) is 4.29. The Balaban J connectivity index is 2.43. The summed E-state index contributed by atoms with van der Waals surface area (Å²) in [6.45, 7) is 0.165. The Bertz CT molecular complexity index is 514. The largest absolute Gasteiger partial charge is 0.480 e. The fourth-order valence-corrected chi connectivity index (χ4v) is 1.56. The molecule has 0 spiro atoms. The minimum atomic E-state index is -1.22. The van der Waals surface area contributed by atoms with Crippen LogP contribution in [0, 0.1) is 0 Å². The van der Waals surface area contributed by atoms with Gasteiger partial charge in [-0.25, -0.2) is 14.6 Å². The van der Waals surface area contributed by atoms with E-state index in [1.54, 1.807) is 24.0 Å². The molecule has 0 aliphatic heterocycles. The predicted molar refractivity (Wildman–Crippen MR) is 71.3 cm³/mol. The van der Waals surface area contributed by atoms with Crippen LogP contribution in [0.3, 0.4) is 0 Å². The summed E-state index contributed by atoms with van der Waals surface area (Å²) in [6.07, 6.45) is 3.18. The highest BCUT2D eigenvalue weighted by atomic mass is 16.5. The van der Waals surface area contributed by atoms with Gasteiger partial charge in [0.15, 0.2) is 0 Å². The molecule has 2 amide bonds. The Labute approximate surface area is 121 Å². The minimum Gasteiger partial charge on any atom is -0.480 e. The smallest absolute Gasteiger partial charge is 0.326 e. The van der Waals surface area contributed by atoms with Crippen LogP contribution >= 0.6 is 0 Å². The summed E-state index contributed by atoms with van der Waals surface area (Å²) < 4.78 is 6.15. The van der Waals surface area contributed by atoms with Gasteiger partial charge < -0.3 is 25.0 Å². The molecule has 0 saturated heterocycles. The first-order valence-corrected chi connectivity index (χ1v) is 6.24. The fourth-order valence-electron chi connectivity index (χ4n) is 1.56. The van der Waals surface area contributed by atoms with Gasteiger partial charge in [-0.3, -0.25) is 4.79 Å². The van der Waals surface area contributed by atoms with Gasteiger partial charge >= 0.3 is 18.0 Å². The zero-order chi connectivity index (χ0) is 15.8. The number of carboxylic acid groups (broad SMARTS) is 1. The average molecular weight is 298 g/mol. The number of aromatic nitrogens is 2. The number of urea groups is 1. The molecule has 0 radical (unpaired) electrons. The normalized spacial score (nSPS) is 11.5. The van der Waals surface area contributed by atoms with Gasteiger partial charge in [-0.1, -0.05) is 0 Å². The van der Waals surface area contributed by atoms with E-state index in [0.717, 1.165) is 0 Å².